The van der Waals surface area contributed by atoms with Crippen LogP contribution in [0.2, 0.25) is 0 Å². The summed E-state index contributed by atoms with van der Waals surface area (Å²) in [6.45, 7) is 0. The maximum absolute atomic E-state index is 2.41. The fraction of sp³-hybridized carbons (Fsp3) is 0. The summed E-state index contributed by atoms with van der Waals surface area (Å²) >= 11 is 3.74. The molecule has 0 N–H and O–H groups in total. The molecular formula is C34H20S2. The lowest BCUT2D eigenvalue weighted by Crippen LogP contribution is -1.90. The van der Waals surface area contributed by atoms with Gasteiger partial charge >= 0.3 is 0 Å². The molecule has 168 valence electrons. The van der Waals surface area contributed by atoms with Crippen LogP contribution in [0.25, 0.3) is 74.1 Å². The fourth-order valence-corrected chi connectivity index (χ4v) is 7.92. The van der Waals surface area contributed by atoms with Crippen LogP contribution < -0.4 is 0 Å². The summed E-state index contributed by atoms with van der Waals surface area (Å²) in [5, 5.41) is 11.5. The van der Waals surface area contributed by atoms with Crippen molar-refractivity contribution in [2.75, 3.05) is 0 Å². The molecule has 0 amide bonds. The number of benzene rings is 6. The van der Waals surface area contributed by atoms with E-state index < -0.39 is 0 Å². The summed E-state index contributed by atoms with van der Waals surface area (Å²) in [6, 6.07) is 42.5. The lowest BCUT2D eigenvalue weighted by atomic mass is 9.86. The van der Waals surface area contributed by atoms with Crippen LogP contribution in [0.4, 0.5) is 0 Å². The Hall–Kier alpha value is -3.98. The van der Waals surface area contributed by atoms with Crippen LogP contribution in [-0.2, 0) is 0 Å². The Morgan fingerprint density at radius 2 is 1.00 bits per heavy atom. The second-order valence-electron chi connectivity index (χ2n) is 9.29. The van der Waals surface area contributed by atoms with Gasteiger partial charge in [-0.25, -0.2) is 0 Å². The molecule has 0 saturated heterocycles. The average molecular weight is 493 g/mol. The van der Waals surface area contributed by atoms with E-state index in [1.807, 2.05) is 22.7 Å². The summed E-state index contributed by atoms with van der Waals surface area (Å²) in [4.78, 5) is 0. The second-order valence-corrected chi connectivity index (χ2v) is 11.3. The largest absolute Gasteiger partial charge is 0.144 e. The van der Waals surface area contributed by atoms with E-state index in [1.54, 1.807) is 0 Å². The van der Waals surface area contributed by atoms with Crippen molar-refractivity contribution >= 4 is 74.5 Å². The molecule has 0 aliphatic rings. The Balaban J connectivity index is 1.48. The molecule has 36 heavy (non-hydrogen) atoms. The van der Waals surface area contributed by atoms with E-state index in [1.165, 1.54) is 74.1 Å². The minimum absolute atomic E-state index is 1.26. The summed E-state index contributed by atoms with van der Waals surface area (Å²) in [5.41, 5.74) is 5.17. The van der Waals surface area contributed by atoms with Gasteiger partial charge in [0.25, 0.3) is 0 Å². The van der Waals surface area contributed by atoms with Gasteiger partial charge in [-0.3, -0.25) is 0 Å². The van der Waals surface area contributed by atoms with Gasteiger partial charge in [0.1, 0.15) is 0 Å². The third kappa shape index (κ3) is 2.86. The SMILES string of the molecule is c1ccc(-c2c3ccccc3c(-c3ccc4c(c3)sc3c5ccsc5ccc43)c3ccccc23)cc1. The van der Waals surface area contributed by atoms with Crippen molar-refractivity contribution in [1.29, 1.82) is 0 Å². The zero-order chi connectivity index (χ0) is 23.6. The van der Waals surface area contributed by atoms with Crippen molar-refractivity contribution in [3.8, 4) is 22.3 Å². The lowest BCUT2D eigenvalue weighted by molar-refractivity contribution is 1.66. The number of rotatable bonds is 2. The first kappa shape index (κ1) is 20.2. The molecule has 0 radical (unpaired) electrons. The van der Waals surface area contributed by atoms with Crippen molar-refractivity contribution in [2.24, 2.45) is 0 Å². The van der Waals surface area contributed by atoms with E-state index in [4.69, 9.17) is 0 Å². The number of hydrogen-bond acceptors (Lipinski definition) is 2. The predicted octanol–water partition coefficient (Wildman–Crippen LogP) is 10.9. The van der Waals surface area contributed by atoms with Crippen LogP contribution in [0.5, 0.6) is 0 Å². The molecule has 6 aromatic carbocycles. The molecule has 0 aliphatic heterocycles. The summed E-state index contributed by atoms with van der Waals surface area (Å²) in [6.07, 6.45) is 0. The molecule has 2 heterocycles. The van der Waals surface area contributed by atoms with E-state index in [9.17, 15) is 0 Å². The monoisotopic (exact) mass is 492 g/mol. The van der Waals surface area contributed by atoms with E-state index in [0.717, 1.165) is 0 Å². The molecule has 0 atom stereocenters. The minimum Gasteiger partial charge on any atom is -0.144 e. The first-order valence-electron chi connectivity index (χ1n) is 12.2. The van der Waals surface area contributed by atoms with Gasteiger partial charge in [-0.15, -0.1) is 22.7 Å². The molecule has 0 nitrogen and oxygen atoms in total. The molecule has 0 bridgehead atoms. The van der Waals surface area contributed by atoms with E-state index in [0.29, 0.717) is 0 Å². The Morgan fingerprint density at radius 3 is 1.69 bits per heavy atom. The molecule has 2 aromatic heterocycles. The molecule has 2 heteroatoms. The van der Waals surface area contributed by atoms with Crippen LogP contribution in [0.15, 0.2) is 121 Å². The van der Waals surface area contributed by atoms with Crippen LogP contribution in [0.3, 0.4) is 0 Å². The van der Waals surface area contributed by atoms with Crippen molar-refractivity contribution < 1.29 is 0 Å². The number of hydrogen-bond donors (Lipinski definition) is 0. The summed E-state index contributed by atoms with van der Waals surface area (Å²) in [7, 11) is 0. The Morgan fingerprint density at radius 1 is 0.389 bits per heavy atom. The van der Waals surface area contributed by atoms with E-state index in [2.05, 4.69) is 121 Å². The maximum atomic E-state index is 2.41. The molecule has 8 aromatic rings. The highest BCUT2D eigenvalue weighted by Gasteiger charge is 2.17. The third-order valence-corrected chi connectivity index (χ3v) is 9.44. The second kappa shape index (κ2) is 7.76. The molecular weight excluding hydrogens is 473 g/mol. The first-order chi connectivity index (χ1) is 17.9. The molecule has 0 unspecified atom stereocenters. The molecule has 8 rings (SSSR count). The van der Waals surface area contributed by atoms with Gasteiger partial charge in [0.15, 0.2) is 0 Å². The average Bonchev–Trinajstić information content (AvgIpc) is 3.56. The zero-order valence-electron chi connectivity index (χ0n) is 19.4. The molecule has 0 fully saturated rings. The Kier molecular flexibility index (Phi) is 4.36. The highest BCUT2D eigenvalue weighted by molar-refractivity contribution is 7.27. The number of fused-ring (bicyclic) bond motifs is 7. The fourth-order valence-electron chi connectivity index (χ4n) is 5.79. The molecule has 0 spiro atoms. The van der Waals surface area contributed by atoms with Gasteiger partial charge in [0, 0.05) is 30.3 Å². The van der Waals surface area contributed by atoms with Crippen molar-refractivity contribution in [1.82, 2.24) is 0 Å². The van der Waals surface area contributed by atoms with Crippen LogP contribution in [-0.4, -0.2) is 0 Å². The summed E-state index contributed by atoms with van der Waals surface area (Å²) in [5.74, 6) is 0. The van der Waals surface area contributed by atoms with Crippen LogP contribution in [0, 0.1) is 0 Å². The van der Waals surface area contributed by atoms with Crippen molar-refractivity contribution in [3.05, 3.63) is 121 Å². The predicted molar refractivity (Wildman–Crippen MR) is 161 cm³/mol. The number of thiophene rings is 2. The highest BCUT2D eigenvalue weighted by atomic mass is 32.1. The van der Waals surface area contributed by atoms with Gasteiger partial charge in [-0.2, -0.15) is 0 Å². The molecule has 0 aliphatic carbocycles. The van der Waals surface area contributed by atoms with Crippen LogP contribution >= 0.6 is 22.7 Å². The van der Waals surface area contributed by atoms with Crippen LogP contribution in [0.1, 0.15) is 0 Å². The maximum Gasteiger partial charge on any atom is 0.0442 e. The summed E-state index contributed by atoms with van der Waals surface area (Å²) < 4.78 is 4.11. The van der Waals surface area contributed by atoms with E-state index in [-0.39, 0.29) is 0 Å². The van der Waals surface area contributed by atoms with Crippen molar-refractivity contribution in [3.63, 3.8) is 0 Å². The van der Waals surface area contributed by atoms with Crippen molar-refractivity contribution in [2.45, 2.75) is 0 Å². The van der Waals surface area contributed by atoms with E-state index >= 15 is 0 Å². The van der Waals surface area contributed by atoms with Gasteiger partial charge in [0.2, 0.25) is 0 Å². The third-order valence-electron chi connectivity index (χ3n) is 7.35. The standard InChI is InChI=1S/C34H20S2/c1-2-8-21(9-3-1)32-24-10-4-6-12-26(24)33(27-13-7-5-11-25(27)32)22-14-15-23-28-16-17-30-29(18-19-35-30)34(28)36-31(23)20-22/h1-20H. The quantitative estimate of drug-likeness (QED) is 0.211. The van der Waals surface area contributed by atoms with Gasteiger partial charge in [-0.05, 0) is 67.4 Å². The normalized spacial score (nSPS) is 11.9. The highest BCUT2D eigenvalue weighted by Crippen LogP contribution is 2.46. The molecule has 0 saturated carbocycles. The minimum atomic E-state index is 1.26. The van der Waals surface area contributed by atoms with Gasteiger partial charge < -0.3 is 0 Å². The Bertz CT molecular complexity index is 2030. The lowest BCUT2D eigenvalue weighted by Gasteiger charge is -2.17. The first-order valence-corrected chi connectivity index (χ1v) is 13.9. The Labute approximate surface area is 216 Å². The zero-order valence-corrected chi connectivity index (χ0v) is 21.0. The van der Waals surface area contributed by atoms with Gasteiger partial charge in [0.05, 0.1) is 0 Å². The topological polar surface area (TPSA) is 0 Å². The smallest absolute Gasteiger partial charge is 0.0442 e. The van der Waals surface area contributed by atoms with Gasteiger partial charge in [-0.1, -0.05) is 97.1 Å².